The summed E-state index contributed by atoms with van der Waals surface area (Å²) < 4.78 is 4.99. The van der Waals surface area contributed by atoms with Crippen LogP contribution in [0.15, 0.2) is 0 Å². The smallest absolute Gasteiger partial charge is 0.323 e. The summed E-state index contributed by atoms with van der Waals surface area (Å²) in [5, 5.41) is 2.88. The van der Waals surface area contributed by atoms with Crippen LogP contribution in [0.25, 0.3) is 0 Å². The summed E-state index contributed by atoms with van der Waals surface area (Å²) in [6.07, 6.45) is 0.743. The lowest BCUT2D eigenvalue weighted by molar-refractivity contribution is -0.149. The molecule has 0 aromatic carbocycles. The third kappa shape index (κ3) is 5.13. The van der Waals surface area contributed by atoms with Gasteiger partial charge in [0.15, 0.2) is 0 Å². The highest BCUT2D eigenvalue weighted by Crippen LogP contribution is 1.97. The van der Waals surface area contributed by atoms with Crippen LogP contribution in [0.3, 0.4) is 0 Å². The Morgan fingerprint density at radius 1 is 1.50 bits per heavy atom. The van der Waals surface area contributed by atoms with E-state index in [1.807, 2.05) is 20.8 Å². The number of nitrogens with one attached hydrogen (secondary N) is 1. The lowest BCUT2D eigenvalue weighted by Crippen LogP contribution is -2.36. The molecule has 12 heavy (non-hydrogen) atoms. The van der Waals surface area contributed by atoms with Gasteiger partial charge in [-0.15, -0.1) is 0 Å². The largest absolute Gasteiger partial charge is 0.462 e. The van der Waals surface area contributed by atoms with Gasteiger partial charge in [0.05, 0.1) is 6.10 Å². The maximum absolute atomic E-state index is 11.1. The molecule has 0 aliphatic heterocycles. The molecule has 0 saturated heterocycles. The second-order valence-electron chi connectivity index (χ2n) is 2.74. The molecule has 3 nitrogen and oxygen atoms in total. The first kappa shape index (κ1) is 14.0. The Kier molecular flexibility index (Phi) is 8.27. The van der Waals surface area contributed by atoms with Crippen molar-refractivity contribution in [2.45, 2.75) is 46.8 Å². The van der Waals surface area contributed by atoms with Crippen LogP contribution < -0.4 is 5.32 Å². The summed E-state index contributed by atoms with van der Waals surface area (Å²) in [7, 11) is 1.76. The van der Waals surface area contributed by atoms with E-state index in [-0.39, 0.29) is 25.5 Å². The van der Waals surface area contributed by atoms with Crippen molar-refractivity contribution in [3.8, 4) is 0 Å². The summed E-state index contributed by atoms with van der Waals surface area (Å²) in [6.45, 7) is 5.64. The Morgan fingerprint density at radius 2 is 2.00 bits per heavy atom. The first-order valence-electron chi connectivity index (χ1n) is 3.99. The maximum atomic E-state index is 11.1. The molecule has 0 bridgehead atoms. The van der Waals surface area contributed by atoms with Crippen molar-refractivity contribution in [2.75, 3.05) is 7.05 Å². The fourth-order valence-electron chi connectivity index (χ4n) is 0.803. The molecule has 0 aromatic heterocycles. The van der Waals surface area contributed by atoms with Crippen molar-refractivity contribution in [3.05, 3.63) is 0 Å². The Morgan fingerprint density at radius 3 is 2.25 bits per heavy atom. The number of esters is 1. The predicted molar refractivity (Wildman–Crippen MR) is 51.1 cm³/mol. The van der Waals surface area contributed by atoms with Crippen LogP contribution in [0.4, 0.5) is 0 Å². The molecular weight excluding hydrogens is 154 g/mol. The Labute approximate surface area is 75.5 Å². The number of carbonyl (C=O) groups excluding carboxylic acids is 1. The van der Waals surface area contributed by atoms with E-state index in [0.717, 1.165) is 6.42 Å². The number of hydrogen-bond acceptors (Lipinski definition) is 3. The van der Waals surface area contributed by atoms with Gasteiger partial charge in [-0.1, -0.05) is 14.4 Å². The molecule has 0 aliphatic carbocycles. The zero-order valence-corrected chi connectivity index (χ0v) is 7.68. The van der Waals surface area contributed by atoms with Gasteiger partial charge >= 0.3 is 5.97 Å². The fraction of sp³-hybridized carbons (Fsp3) is 0.889. The molecule has 3 heteroatoms. The quantitative estimate of drug-likeness (QED) is 0.659. The average Bonchev–Trinajstić information content (AvgIpc) is 1.88. The minimum absolute atomic E-state index is 0. The number of ether oxygens (including phenoxy) is 1. The van der Waals surface area contributed by atoms with E-state index < -0.39 is 0 Å². The third-order valence-corrected chi connectivity index (χ3v) is 1.39. The predicted octanol–water partition coefficient (Wildman–Crippen LogP) is 1.57. The van der Waals surface area contributed by atoms with Gasteiger partial charge in [0.2, 0.25) is 0 Å². The number of likely N-dealkylation sites (N-methyl/N-ethyl adjacent to an activating group) is 1. The summed E-state index contributed by atoms with van der Waals surface area (Å²) in [5.41, 5.74) is 0. The molecule has 0 aliphatic rings. The van der Waals surface area contributed by atoms with Gasteiger partial charge in [-0.2, -0.15) is 0 Å². The van der Waals surface area contributed by atoms with E-state index in [1.54, 1.807) is 7.05 Å². The van der Waals surface area contributed by atoms with E-state index in [4.69, 9.17) is 4.74 Å². The standard InChI is InChI=1S/C8H17NO2.CH4/c1-5-7(9-4)8(10)11-6(2)3;/h6-7,9H,5H2,1-4H3;1H4. The average molecular weight is 175 g/mol. The molecule has 0 saturated carbocycles. The van der Waals surface area contributed by atoms with Crippen LogP contribution >= 0.6 is 0 Å². The third-order valence-electron chi connectivity index (χ3n) is 1.39. The SMILES string of the molecule is C.CCC(NC)C(=O)OC(C)C. The van der Waals surface area contributed by atoms with E-state index >= 15 is 0 Å². The highest BCUT2D eigenvalue weighted by atomic mass is 16.5. The van der Waals surface area contributed by atoms with Crippen molar-refractivity contribution >= 4 is 5.97 Å². The molecule has 0 heterocycles. The van der Waals surface area contributed by atoms with Crippen LogP contribution in [-0.4, -0.2) is 25.2 Å². The van der Waals surface area contributed by atoms with Crippen molar-refractivity contribution in [1.82, 2.24) is 5.32 Å². The van der Waals surface area contributed by atoms with Crippen molar-refractivity contribution in [1.29, 1.82) is 0 Å². The molecule has 0 spiro atoms. The van der Waals surface area contributed by atoms with Crippen LogP contribution in [0.5, 0.6) is 0 Å². The van der Waals surface area contributed by atoms with Crippen LogP contribution in [0.1, 0.15) is 34.6 Å². The lowest BCUT2D eigenvalue weighted by atomic mass is 10.2. The highest BCUT2D eigenvalue weighted by molar-refractivity contribution is 5.75. The molecule has 0 radical (unpaired) electrons. The first-order valence-corrected chi connectivity index (χ1v) is 3.99. The van der Waals surface area contributed by atoms with Crippen molar-refractivity contribution in [3.63, 3.8) is 0 Å². The number of rotatable bonds is 4. The lowest BCUT2D eigenvalue weighted by Gasteiger charge is -2.14. The van der Waals surface area contributed by atoms with E-state index in [9.17, 15) is 4.79 Å². The maximum Gasteiger partial charge on any atom is 0.323 e. The van der Waals surface area contributed by atoms with Crippen molar-refractivity contribution in [2.24, 2.45) is 0 Å². The Balaban J connectivity index is 0. The van der Waals surface area contributed by atoms with Gasteiger partial charge in [-0.05, 0) is 27.3 Å². The van der Waals surface area contributed by atoms with Gasteiger partial charge in [0.25, 0.3) is 0 Å². The molecule has 1 atom stereocenters. The molecule has 0 fully saturated rings. The second kappa shape index (κ2) is 7.10. The van der Waals surface area contributed by atoms with E-state index in [1.165, 1.54) is 0 Å². The zero-order valence-electron chi connectivity index (χ0n) is 7.68. The fourth-order valence-corrected chi connectivity index (χ4v) is 0.803. The zero-order chi connectivity index (χ0) is 8.85. The van der Waals surface area contributed by atoms with E-state index in [2.05, 4.69) is 5.32 Å². The molecule has 74 valence electrons. The van der Waals surface area contributed by atoms with Gasteiger partial charge in [0, 0.05) is 0 Å². The number of carbonyl (C=O) groups is 1. The minimum Gasteiger partial charge on any atom is -0.462 e. The molecule has 0 aromatic rings. The van der Waals surface area contributed by atoms with Crippen LogP contribution in [0, 0.1) is 0 Å². The van der Waals surface area contributed by atoms with Gasteiger partial charge in [0.1, 0.15) is 6.04 Å². The Hall–Kier alpha value is -0.570. The van der Waals surface area contributed by atoms with Crippen LogP contribution in [-0.2, 0) is 9.53 Å². The van der Waals surface area contributed by atoms with Gasteiger partial charge in [-0.25, -0.2) is 0 Å². The monoisotopic (exact) mass is 175 g/mol. The molecule has 1 N–H and O–H groups in total. The molecule has 0 rings (SSSR count). The summed E-state index contributed by atoms with van der Waals surface area (Å²) in [6, 6.07) is -0.155. The topological polar surface area (TPSA) is 38.3 Å². The summed E-state index contributed by atoms with van der Waals surface area (Å²) in [5.74, 6) is -0.162. The second-order valence-corrected chi connectivity index (χ2v) is 2.74. The summed E-state index contributed by atoms with van der Waals surface area (Å²) in [4.78, 5) is 11.1. The van der Waals surface area contributed by atoms with Crippen LogP contribution in [0.2, 0.25) is 0 Å². The molecular formula is C9H21NO2. The van der Waals surface area contributed by atoms with Gasteiger partial charge in [-0.3, -0.25) is 4.79 Å². The highest BCUT2D eigenvalue weighted by Gasteiger charge is 2.15. The van der Waals surface area contributed by atoms with Crippen molar-refractivity contribution < 1.29 is 9.53 Å². The molecule has 0 amide bonds. The first-order chi connectivity index (χ1) is 5.11. The van der Waals surface area contributed by atoms with E-state index in [0.29, 0.717) is 0 Å². The summed E-state index contributed by atoms with van der Waals surface area (Å²) >= 11 is 0. The normalized spacial score (nSPS) is 12.1. The Bertz CT molecular complexity index is 120. The number of hydrogen-bond donors (Lipinski definition) is 1. The van der Waals surface area contributed by atoms with Gasteiger partial charge < -0.3 is 10.1 Å². The molecule has 1 unspecified atom stereocenters. The minimum atomic E-state index is -0.162.